The molecule has 60 heavy (non-hydrogen) atoms. The van der Waals surface area contributed by atoms with Crippen LogP contribution in [0.25, 0.3) is 11.2 Å². The molecule has 1 aliphatic rings. The Morgan fingerprint density at radius 1 is 0.767 bits per heavy atom. The van der Waals surface area contributed by atoms with Gasteiger partial charge in [-0.2, -0.15) is 0 Å². The highest BCUT2D eigenvalue weighted by Gasteiger charge is 2.53. The largest absolute Gasteiger partial charge is 0.497 e. The summed E-state index contributed by atoms with van der Waals surface area (Å²) in [5.74, 6) is 0.954. The van der Waals surface area contributed by atoms with Gasteiger partial charge in [0.1, 0.15) is 41.0 Å². The van der Waals surface area contributed by atoms with Crippen LogP contribution < -0.4 is 14.8 Å². The highest BCUT2D eigenvalue weighted by atomic mass is 32.2. The maximum absolute atomic E-state index is 13.2. The third kappa shape index (κ3) is 8.55. The number of esters is 1. The van der Waals surface area contributed by atoms with Crippen LogP contribution in [0.2, 0.25) is 18.1 Å². The van der Waals surface area contributed by atoms with Crippen molar-refractivity contribution in [3.8, 4) is 11.5 Å². The molecule has 7 rings (SSSR count). The molecule has 312 valence electrons. The molecule has 0 spiro atoms. The maximum atomic E-state index is 13.2. The standard InChI is InChI=1S/C46H51N5O7SSi/c1-30(52)57-39-37(27-56-46(32-17-13-10-14-18-32,33-19-23-35(54-5)24-20-33)34-21-25-36(55-6)26-22-34)59-44(40(39)58-60(7,8)45(2,3)4)51-29-49-38-41(47-28-48-42(38)51)50-43(53)31-15-11-9-12-16-31/h9-26,28-29,37,39-40,44H,27H2,1-8H3,(H,47,48,50,53). The van der Waals surface area contributed by atoms with Crippen molar-refractivity contribution in [1.29, 1.82) is 0 Å². The maximum Gasteiger partial charge on any atom is 0.303 e. The zero-order valence-corrected chi connectivity index (χ0v) is 36.9. The highest BCUT2D eigenvalue weighted by Crippen LogP contribution is 2.51. The lowest BCUT2D eigenvalue weighted by Crippen LogP contribution is -2.50. The summed E-state index contributed by atoms with van der Waals surface area (Å²) < 4.78 is 34.0. The number of carbonyl (C=O) groups excluding carboxylic acids is 2. The van der Waals surface area contributed by atoms with Crippen molar-refractivity contribution in [2.24, 2.45) is 0 Å². The molecule has 1 saturated heterocycles. The van der Waals surface area contributed by atoms with Gasteiger partial charge in [0.2, 0.25) is 0 Å². The van der Waals surface area contributed by atoms with E-state index in [-0.39, 0.29) is 23.4 Å². The molecule has 4 atom stereocenters. The number of rotatable bonds is 14. The Hall–Kier alpha value is -5.54. The van der Waals surface area contributed by atoms with E-state index >= 15 is 0 Å². The Balaban J connectivity index is 1.33. The van der Waals surface area contributed by atoms with E-state index in [9.17, 15) is 9.59 Å². The van der Waals surface area contributed by atoms with Gasteiger partial charge in [0, 0.05) is 12.5 Å². The number of ether oxygens (including phenoxy) is 4. The zero-order chi connectivity index (χ0) is 42.7. The van der Waals surface area contributed by atoms with E-state index in [1.807, 2.05) is 77.4 Å². The van der Waals surface area contributed by atoms with Gasteiger partial charge < -0.3 is 28.7 Å². The van der Waals surface area contributed by atoms with E-state index in [0.29, 0.717) is 28.2 Å². The summed E-state index contributed by atoms with van der Waals surface area (Å²) in [6.07, 6.45) is 1.74. The van der Waals surface area contributed by atoms with Crippen LogP contribution in [0.1, 0.15) is 60.1 Å². The van der Waals surface area contributed by atoms with Crippen molar-refractivity contribution in [3.05, 3.63) is 144 Å². The summed E-state index contributed by atoms with van der Waals surface area (Å²) in [6, 6.07) is 34.7. The number of methoxy groups -OCH3 is 2. The van der Waals surface area contributed by atoms with E-state index in [1.165, 1.54) is 13.3 Å². The first-order valence-electron chi connectivity index (χ1n) is 19.8. The fourth-order valence-electron chi connectivity index (χ4n) is 7.22. The van der Waals surface area contributed by atoms with Crippen LogP contribution in [0.3, 0.4) is 0 Å². The lowest BCUT2D eigenvalue weighted by Gasteiger charge is -2.41. The molecule has 0 radical (unpaired) electrons. The van der Waals surface area contributed by atoms with E-state index in [0.717, 1.165) is 16.7 Å². The minimum atomic E-state index is -2.51. The fraction of sp³-hybridized carbons (Fsp3) is 0.326. The van der Waals surface area contributed by atoms with Crippen molar-refractivity contribution >= 4 is 48.9 Å². The topological polar surface area (TPSA) is 136 Å². The summed E-state index contributed by atoms with van der Waals surface area (Å²) in [4.78, 5) is 40.1. The van der Waals surface area contributed by atoms with Gasteiger partial charge in [-0.1, -0.05) is 93.6 Å². The molecule has 0 aliphatic carbocycles. The van der Waals surface area contributed by atoms with Crippen molar-refractivity contribution in [3.63, 3.8) is 0 Å². The van der Waals surface area contributed by atoms with Crippen LogP contribution in [0.5, 0.6) is 11.5 Å². The number of benzene rings is 4. The molecule has 0 bridgehead atoms. The number of anilines is 1. The molecule has 1 aliphatic heterocycles. The van der Waals surface area contributed by atoms with E-state index in [2.05, 4.69) is 61.3 Å². The second-order valence-corrected chi connectivity index (χ2v) is 22.3. The number of nitrogens with one attached hydrogen (secondary N) is 1. The Kier molecular flexibility index (Phi) is 12.5. The zero-order valence-electron chi connectivity index (χ0n) is 35.1. The summed E-state index contributed by atoms with van der Waals surface area (Å²) in [5.41, 5.74) is 2.93. The lowest BCUT2D eigenvalue weighted by atomic mass is 9.80. The van der Waals surface area contributed by atoms with E-state index in [4.69, 9.17) is 28.4 Å². The minimum Gasteiger partial charge on any atom is -0.497 e. The Morgan fingerprint density at radius 2 is 1.33 bits per heavy atom. The quantitative estimate of drug-likeness (QED) is 0.0639. The van der Waals surface area contributed by atoms with Crippen LogP contribution in [0, 0.1) is 0 Å². The number of nitrogens with zero attached hydrogens (tertiary/aromatic N) is 4. The minimum absolute atomic E-state index is 0.142. The van der Waals surface area contributed by atoms with Gasteiger partial charge in [-0.15, -0.1) is 11.8 Å². The first kappa shape index (κ1) is 42.6. The van der Waals surface area contributed by atoms with Crippen molar-refractivity contribution in [2.75, 3.05) is 26.1 Å². The van der Waals surface area contributed by atoms with Crippen LogP contribution in [0.15, 0.2) is 122 Å². The first-order chi connectivity index (χ1) is 28.8. The van der Waals surface area contributed by atoms with E-state index < -0.39 is 42.7 Å². The van der Waals surface area contributed by atoms with Gasteiger partial charge in [-0.3, -0.25) is 14.2 Å². The SMILES string of the molecule is COc1ccc(C(OCC2SC(n3cnc4c(NC(=O)c5ccccc5)ncnc43)C(O[Si](C)(C)C(C)(C)C)C2OC(C)=O)(c2ccccc2)c2ccc(OC)cc2)cc1. The Bertz CT molecular complexity index is 2360. The lowest BCUT2D eigenvalue weighted by molar-refractivity contribution is -0.152. The average molecular weight is 846 g/mol. The molecular weight excluding hydrogens is 795 g/mol. The first-order valence-corrected chi connectivity index (χ1v) is 23.6. The average Bonchev–Trinajstić information content (AvgIpc) is 3.82. The number of hydrogen-bond acceptors (Lipinski definition) is 11. The number of carbonyl (C=O) groups is 2. The van der Waals surface area contributed by atoms with E-state index in [1.54, 1.807) is 56.6 Å². The molecule has 12 nitrogen and oxygen atoms in total. The summed E-state index contributed by atoms with van der Waals surface area (Å²) in [6.45, 7) is 12.5. The van der Waals surface area contributed by atoms with Crippen LogP contribution in [-0.4, -0.2) is 78.0 Å². The van der Waals surface area contributed by atoms with Gasteiger partial charge in [-0.25, -0.2) is 15.0 Å². The van der Waals surface area contributed by atoms with Crippen LogP contribution in [0.4, 0.5) is 5.82 Å². The van der Waals surface area contributed by atoms with Crippen molar-refractivity contribution < 1.29 is 33.0 Å². The molecule has 1 amide bonds. The molecule has 3 heterocycles. The number of amides is 1. The van der Waals surface area contributed by atoms with Crippen LogP contribution >= 0.6 is 11.8 Å². The molecule has 4 unspecified atom stereocenters. The number of hydrogen-bond donors (Lipinski definition) is 1. The summed E-state index contributed by atoms with van der Waals surface area (Å²) in [7, 11) is 0.768. The summed E-state index contributed by atoms with van der Waals surface area (Å²) >= 11 is 1.58. The molecule has 1 N–H and O–H groups in total. The third-order valence-corrected chi connectivity index (χ3v) is 17.4. The predicted octanol–water partition coefficient (Wildman–Crippen LogP) is 9.04. The van der Waals surface area contributed by atoms with Crippen molar-refractivity contribution in [2.45, 2.75) is 74.3 Å². The molecule has 1 fully saturated rings. The fourth-order valence-corrected chi connectivity index (χ4v) is 10.1. The molecule has 2 aromatic heterocycles. The molecule has 0 saturated carbocycles. The van der Waals surface area contributed by atoms with Gasteiger partial charge in [-0.05, 0) is 71.2 Å². The Labute approximate surface area is 356 Å². The second-order valence-electron chi connectivity index (χ2n) is 16.2. The van der Waals surface area contributed by atoms with Gasteiger partial charge in [0.15, 0.2) is 25.3 Å². The summed E-state index contributed by atoms with van der Waals surface area (Å²) in [5, 5.41) is 1.85. The normalized spacial score (nSPS) is 18.3. The number of aromatic nitrogens is 4. The van der Waals surface area contributed by atoms with Crippen LogP contribution in [-0.2, 0) is 24.3 Å². The van der Waals surface area contributed by atoms with Gasteiger partial charge >= 0.3 is 5.97 Å². The van der Waals surface area contributed by atoms with Crippen molar-refractivity contribution in [1.82, 2.24) is 19.5 Å². The molecule has 6 aromatic rings. The highest BCUT2D eigenvalue weighted by molar-refractivity contribution is 8.00. The monoisotopic (exact) mass is 845 g/mol. The number of thioether (sulfide) groups is 1. The van der Waals surface area contributed by atoms with Gasteiger partial charge in [0.25, 0.3) is 5.91 Å². The second kappa shape index (κ2) is 17.6. The van der Waals surface area contributed by atoms with Gasteiger partial charge in [0.05, 0.1) is 32.4 Å². The molecule has 14 heteroatoms. The smallest absolute Gasteiger partial charge is 0.303 e. The predicted molar refractivity (Wildman–Crippen MR) is 236 cm³/mol. The molecular formula is C46H51N5O7SSi. The number of imidazole rings is 1. The molecule has 4 aromatic carbocycles. The Morgan fingerprint density at radius 3 is 1.88 bits per heavy atom. The number of fused-ring (bicyclic) bond motifs is 1. The third-order valence-electron chi connectivity index (χ3n) is 11.4.